The Balaban J connectivity index is 0.000000118. The lowest BCUT2D eigenvalue weighted by Gasteiger charge is -2.24. The van der Waals surface area contributed by atoms with Crippen molar-refractivity contribution in [1.29, 1.82) is 0 Å². The van der Waals surface area contributed by atoms with Crippen LogP contribution in [0.25, 0.3) is 186 Å². The van der Waals surface area contributed by atoms with Crippen LogP contribution in [0.4, 0.5) is 0 Å². The number of halogens is 1. The van der Waals surface area contributed by atoms with Crippen LogP contribution < -0.4 is 4.65 Å². The topological polar surface area (TPSA) is 29.5 Å². The predicted octanol–water partition coefficient (Wildman–Crippen LogP) is 29.2. The Kier molecular flexibility index (Phi) is 16.1. The highest BCUT2D eigenvalue weighted by molar-refractivity contribution is 9.10. The SMILES string of the molecule is CC1(C)c2ccc(-c3c4ccccc4c(-c4ccc(-c5cccc6ccccc56)cc4)c4ccccc34)cc2-c2c1c1ccccc1c1ccccc21.CC1(C)c2ccc(Br)cc2-c2c1c1ccccc1c1ccccc21.O[B]Oc1c2ccccc2c(-c2ccc(-c3cccc4ccccc34)cc2)c2ccccc12. The van der Waals surface area contributed by atoms with Crippen molar-refractivity contribution in [3.05, 3.63) is 391 Å². The highest BCUT2D eigenvalue weighted by Gasteiger charge is 2.40. The van der Waals surface area contributed by atoms with Crippen molar-refractivity contribution in [2.75, 3.05) is 0 Å². The quantitative estimate of drug-likeness (QED) is 0.0979. The van der Waals surface area contributed by atoms with Crippen molar-refractivity contribution in [3.63, 3.8) is 0 Å². The Morgan fingerprint density at radius 2 is 0.509 bits per heavy atom. The van der Waals surface area contributed by atoms with E-state index >= 15 is 0 Å². The van der Waals surface area contributed by atoms with Crippen LogP contribution in [0, 0.1) is 0 Å². The lowest BCUT2D eigenvalue weighted by Crippen LogP contribution is -2.15. The molecule has 0 unspecified atom stereocenters. The Morgan fingerprint density at radius 1 is 0.236 bits per heavy atom. The summed E-state index contributed by atoms with van der Waals surface area (Å²) in [6, 6.07) is 132. The van der Waals surface area contributed by atoms with Gasteiger partial charge in [0.05, 0.1) is 0 Å². The molecule has 519 valence electrons. The van der Waals surface area contributed by atoms with Gasteiger partial charge in [0.1, 0.15) is 5.75 Å². The second kappa shape index (κ2) is 26.6. The molecule has 110 heavy (non-hydrogen) atoms. The number of benzene rings is 20. The molecule has 0 fully saturated rings. The van der Waals surface area contributed by atoms with Gasteiger partial charge in [-0.1, -0.05) is 389 Å². The Morgan fingerprint density at radius 3 is 0.900 bits per heavy atom. The van der Waals surface area contributed by atoms with Gasteiger partial charge in [0.25, 0.3) is 0 Å². The third-order valence-electron chi connectivity index (χ3n) is 23.8. The second-order valence-corrected chi connectivity index (χ2v) is 31.4. The number of hydrogen-bond acceptors (Lipinski definition) is 2. The van der Waals surface area contributed by atoms with Crippen molar-refractivity contribution in [2.45, 2.75) is 38.5 Å². The lowest BCUT2D eigenvalue weighted by atomic mass is 9.79. The maximum absolute atomic E-state index is 9.39. The van der Waals surface area contributed by atoms with Crippen molar-refractivity contribution in [3.8, 4) is 83.6 Å². The molecule has 1 N–H and O–H groups in total. The first-order valence-electron chi connectivity index (χ1n) is 38.0. The van der Waals surface area contributed by atoms with Gasteiger partial charge in [-0.25, -0.2) is 0 Å². The highest BCUT2D eigenvalue weighted by Crippen LogP contribution is 2.58. The van der Waals surface area contributed by atoms with E-state index in [1.807, 2.05) is 36.4 Å². The van der Waals surface area contributed by atoms with Crippen LogP contribution in [0.2, 0.25) is 0 Å². The largest absolute Gasteiger partial charge is 0.569 e. The summed E-state index contributed by atoms with van der Waals surface area (Å²) in [6.07, 6.45) is 0. The van der Waals surface area contributed by atoms with E-state index in [9.17, 15) is 5.02 Å². The highest BCUT2D eigenvalue weighted by atomic mass is 79.9. The smallest absolute Gasteiger partial charge is 0.537 e. The first-order chi connectivity index (χ1) is 54.0. The van der Waals surface area contributed by atoms with E-state index in [1.165, 1.54) is 175 Å². The van der Waals surface area contributed by atoms with Crippen LogP contribution in [-0.2, 0) is 10.8 Å². The average Bonchev–Trinajstić information content (AvgIpc) is 1.53. The molecular formula is C106H73BBrO2. The van der Waals surface area contributed by atoms with Gasteiger partial charge in [0.15, 0.2) is 0 Å². The molecule has 0 amide bonds. The summed E-state index contributed by atoms with van der Waals surface area (Å²) >= 11 is 3.67. The van der Waals surface area contributed by atoms with Crippen molar-refractivity contribution >= 4 is 131 Å². The molecule has 2 nitrogen and oxygen atoms in total. The predicted molar refractivity (Wildman–Crippen MR) is 473 cm³/mol. The molecule has 2 aliphatic carbocycles. The van der Waals surface area contributed by atoms with Crippen LogP contribution in [0.5, 0.6) is 5.75 Å². The summed E-state index contributed by atoms with van der Waals surface area (Å²) in [7, 11) is 0.757. The molecule has 0 spiro atoms. The standard InChI is InChI=1S/C53H36.C30H20BO2.C23H17Br/c1-53(2)48-31-30-36(32-47(48)51-41-19-7-5-17-39(41)40-18-6-12-24-46(40)52(51)53)50-44-22-10-8-20-42(44)49(43-21-9-11-23-45(43)50)35-28-26-34(27-29-35)38-25-13-15-33-14-3-4-16-37(33)38;32-31-33-30-27-13-5-3-11-25(27)29(26-12-4-6-14-28(26)30)22-18-16-21(17-19-22)24-15-7-9-20-8-1-2-10-23(20)24;1-23(2)20-12-11-14(24)13-19(20)21-17-9-5-3-7-15(17)16-8-4-6-10-18(16)22(21)23/h3-32H,1-2H3;1-19,32H;3-13H,1-2H3. The van der Waals surface area contributed by atoms with Gasteiger partial charge < -0.3 is 9.68 Å². The third-order valence-corrected chi connectivity index (χ3v) is 24.3. The Labute approximate surface area is 649 Å². The lowest BCUT2D eigenvalue weighted by molar-refractivity contribution is 0.459. The molecule has 0 aliphatic heterocycles. The minimum Gasteiger partial charge on any atom is -0.537 e. The first kappa shape index (κ1) is 66.7. The first-order valence-corrected chi connectivity index (χ1v) is 38.8. The van der Waals surface area contributed by atoms with E-state index in [0.29, 0.717) is 5.75 Å². The molecule has 0 saturated carbocycles. The fourth-order valence-corrected chi connectivity index (χ4v) is 19.4. The van der Waals surface area contributed by atoms with E-state index in [0.717, 1.165) is 44.8 Å². The zero-order chi connectivity index (χ0) is 73.9. The van der Waals surface area contributed by atoms with Gasteiger partial charge in [0, 0.05) is 26.1 Å². The van der Waals surface area contributed by atoms with E-state index < -0.39 is 0 Å². The van der Waals surface area contributed by atoms with E-state index in [4.69, 9.17) is 4.65 Å². The molecule has 0 bridgehead atoms. The summed E-state index contributed by atoms with van der Waals surface area (Å²) in [5, 5.41) is 34.4. The average molecular weight is 1470 g/mol. The van der Waals surface area contributed by atoms with Gasteiger partial charge in [-0.05, 0) is 215 Å². The summed E-state index contributed by atoms with van der Waals surface area (Å²) in [4.78, 5) is 0. The zero-order valence-electron chi connectivity index (χ0n) is 61.5. The molecule has 0 aromatic heterocycles. The molecule has 20 aromatic carbocycles. The molecule has 0 saturated heterocycles. The van der Waals surface area contributed by atoms with Crippen LogP contribution in [0.15, 0.2) is 368 Å². The monoisotopic (exact) mass is 1470 g/mol. The van der Waals surface area contributed by atoms with E-state index in [1.54, 1.807) is 0 Å². The molecule has 0 heterocycles. The number of hydrogen-bond donors (Lipinski definition) is 1. The number of rotatable bonds is 7. The van der Waals surface area contributed by atoms with Crippen LogP contribution >= 0.6 is 15.9 Å². The molecular weight excluding hydrogens is 1400 g/mol. The zero-order valence-corrected chi connectivity index (χ0v) is 63.0. The number of fused-ring (bicyclic) bond motifs is 22. The van der Waals surface area contributed by atoms with E-state index in [-0.39, 0.29) is 10.8 Å². The maximum atomic E-state index is 9.39. The minimum absolute atomic E-state index is 0.00893. The minimum atomic E-state index is -0.126. The molecule has 1 radical (unpaired) electrons. The van der Waals surface area contributed by atoms with Crippen molar-refractivity contribution < 1.29 is 9.68 Å². The fourth-order valence-electron chi connectivity index (χ4n) is 19.0. The molecule has 4 heteroatoms. The molecule has 2 aliphatic rings. The van der Waals surface area contributed by atoms with Gasteiger partial charge >= 0.3 is 7.69 Å². The molecule has 22 rings (SSSR count). The van der Waals surface area contributed by atoms with Crippen LogP contribution in [-0.4, -0.2) is 12.7 Å². The van der Waals surface area contributed by atoms with E-state index in [2.05, 4.69) is 371 Å². The third kappa shape index (κ3) is 10.6. The maximum Gasteiger partial charge on any atom is 0.569 e. The molecule has 0 atom stereocenters. The van der Waals surface area contributed by atoms with Crippen molar-refractivity contribution in [2.24, 2.45) is 0 Å². The molecule has 20 aromatic rings. The summed E-state index contributed by atoms with van der Waals surface area (Å²) in [5.74, 6) is 0.667. The van der Waals surface area contributed by atoms with Gasteiger partial charge in [-0.3, -0.25) is 0 Å². The summed E-state index contributed by atoms with van der Waals surface area (Å²) < 4.78 is 6.71. The van der Waals surface area contributed by atoms with Gasteiger partial charge in [-0.15, -0.1) is 0 Å². The fraction of sp³-hybridized carbons (Fsp3) is 0.0566. The van der Waals surface area contributed by atoms with Crippen LogP contribution in [0.3, 0.4) is 0 Å². The Bertz CT molecular complexity index is 7050. The van der Waals surface area contributed by atoms with Gasteiger partial charge in [-0.2, -0.15) is 0 Å². The van der Waals surface area contributed by atoms with Crippen LogP contribution in [0.1, 0.15) is 49.9 Å². The summed E-state index contributed by atoms with van der Waals surface area (Å²) in [6.45, 7) is 9.52. The van der Waals surface area contributed by atoms with Crippen molar-refractivity contribution in [1.82, 2.24) is 0 Å². The normalized spacial score (nSPS) is 13.0. The second-order valence-electron chi connectivity index (χ2n) is 30.5. The van der Waals surface area contributed by atoms with Gasteiger partial charge in [0.2, 0.25) is 0 Å². The Hall–Kier alpha value is -12.7. The summed E-state index contributed by atoms with van der Waals surface area (Å²) in [5.41, 5.74) is 23.4.